The Hall–Kier alpha value is -5.22. The van der Waals surface area contributed by atoms with Gasteiger partial charge in [-0.25, -0.2) is 4.98 Å². The number of hydrogen-bond acceptors (Lipinski definition) is 4. The van der Waals surface area contributed by atoms with Gasteiger partial charge in [-0.3, -0.25) is 0 Å². The van der Waals surface area contributed by atoms with Crippen molar-refractivity contribution in [3.63, 3.8) is 0 Å². The standard InChI is InChI=1S/C32H25N2O.C12H10N.Ir/c1-19-17-29(33-18-22(19)4)27-12-8-11-25-26-13-14-28(34-32(26)35-31(25)27)30-20(2)15-24(16-21(30)3)23-9-6-5-7-10-23;1-10-7-8-12(13-9-10)11-5-3-2-4-6-11;/h5-11,13-18H,1-4H3;2-5,7-9H,1H3;/q2*-1;. The van der Waals surface area contributed by atoms with Crippen LogP contribution in [0.4, 0.5) is 0 Å². The van der Waals surface area contributed by atoms with E-state index in [0.29, 0.717) is 5.71 Å². The second-order valence-corrected chi connectivity index (χ2v) is 12.2. The molecule has 0 aliphatic rings. The maximum atomic E-state index is 6.36. The minimum absolute atomic E-state index is 0. The van der Waals surface area contributed by atoms with E-state index in [-0.39, 0.29) is 20.1 Å². The zero-order chi connectivity index (χ0) is 33.2. The van der Waals surface area contributed by atoms with E-state index in [1.54, 1.807) is 0 Å². The molecule has 0 aliphatic heterocycles. The predicted octanol–water partition coefficient (Wildman–Crippen LogP) is 11.3. The van der Waals surface area contributed by atoms with Crippen molar-refractivity contribution in [1.82, 2.24) is 15.0 Å². The van der Waals surface area contributed by atoms with Gasteiger partial charge in [0.15, 0.2) is 0 Å². The van der Waals surface area contributed by atoms with Crippen LogP contribution in [0.1, 0.15) is 27.8 Å². The molecule has 0 saturated heterocycles. The first-order chi connectivity index (χ1) is 23.4. The number of nitrogens with zero attached hydrogens (tertiary/aromatic N) is 3. The summed E-state index contributed by atoms with van der Waals surface area (Å²) in [5, 5.41) is 2.03. The molecule has 0 amide bonds. The molecule has 0 fully saturated rings. The number of rotatable bonds is 4. The number of hydrogen-bond donors (Lipinski definition) is 0. The number of fused-ring (bicyclic) bond motifs is 3. The molecule has 4 aromatic carbocycles. The number of furan rings is 1. The van der Waals surface area contributed by atoms with Crippen LogP contribution in [-0.2, 0) is 20.1 Å². The Morgan fingerprint density at radius 1 is 0.551 bits per heavy atom. The van der Waals surface area contributed by atoms with E-state index in [1.807, 2.05) is 67.8 Å². The fourth-order valence-corrected chi connectivity index (χ4v) is 6.06. The average Bonchev–Trinajstić information content (AvgIpc) is 3.49. The fourth-order valence-electron chi connectivity index (χ4n) is 6.06. The fraction of sp³-hybridized carbons (Fsp3) is 0.114. The SMILES string of the molecule is Cc1ccc(-c2[c-]cccc2)nc1.Cc1cnc(-c2[c-]ccc3c2oc2nc(-c4c(C)cc(-c5ccccc5)cc4C)ccc23)cc1C.[Ir]. The topological polar surface area (TPSA) is 51.8 Å². The van der Waals surface area contributed by atoms with Crippen molar-refractivity contribution >= 4 is 22.1 Å². The average molecular weight is 814 g/mol. The molecule has 8 aromatic rings. The van der Waals surface area contributed by atoms with Crippen molar-refractivity contribution in [2.45, 2.75) is 34.6 Å². The maximum absolute atomic E-state index is 6.36. The number of aryl methyl sites for hydroxylation is 5. The van der Waals surface area contributed by atoms with Crippen LogP contribution in [0.15, 0.2) is 126 Å². The van der Waals surface area contributed by atoms with E-state index in [0.717, 1.165) is 50.1 Å². The third-order valence-corrected chi connectivity index (χ3v) is 8.72. The third kappa shape index (κ3) is 7.00. The molecule has 4 aromatic heterocycles. The van der Waals surface area contributed by atoms with Crippen LogP contribution in [0.3, 0.4) is 0 Å². The van der Waals surface area contributed by atoms with Gasteiger partial charge in [-0.1, -0.05) is 77.2 Å². The van der Waals surface area contributed by atoms with Gasteiger partial charge in [-0.2, -0.15) is 0 Å². The molecule has 4 heterocycles. The summed E-state index contributed by atoms with van der Waals surface area (Å²) in [6.45, 7) is 10.5. The molecule has 0 saturated carbocycles. The molecule has 0 aliphatic carbocycles. The third-order valence-electron chi connectivity index (χ3n) is 8.72. The molecule has 0 bridgehead atoms. The Labute approximate surface area is 301 Å². The van der Waals surface area contributed by atoms with Gasteiger partial charge in [0.05, 0.1) is 11.3 Å². The van der Waals surface area contributed by atoms with E-state index in [1.165, 1.54) is 38.9 Å². The minimum atomic E-state index is 0. The first kappa shape index (κ1) is 33.7. The number of benzene rings is 4. The van der Waals surface area contributed by atoms with Crippen LogP contribution in [-0.4, -0.2) is 15.0 Å². The maximum Gasteiger partial charge on any atom is 0.216 e. The Kier molecular flexibility index (Phi) is 9.96. The summed E-state index contributed by atoms with van der Waals surface area (Å²) >= 11 is 0. The van der Waals surface area contributed by atoms with Crippen molar-refractivity contribution in [3.05, 3.63) is 162 Å². The van der Waals surface area contributed by atoms with Crippen LogP contribution < -0.4 is 0 Å². The van der Waals surface area contributed by atoms with E-state index < -0.39 is 0 Å². The smallest absolute Gasteiger partial charge is 0.216 e. The molecule has 49 heavy (non-hydrogen) atoms. The molecule has 243 valence electrons. The van der Waals surface area contributed by atoms with Gasteiger partial charge in [-0.15, -0.1) is 54.1 Å². The molecule has 1 radical (unpaired) electrons. The Balaban J connectivity index is 0.000000250. The summed E-state index contributed by atoms with van der Waals surface area (Å²) in [7, 11) is 0. The van der Waals surface area contributed by atoms with E-state index in [4.69, 9.17) is 9.40 Å². The van der Waals surface area contributed by atoms with Crippen LogP contribution in [0.5, 0.6) is 0 Å². The molecular formula is C44H35IrN3O-2. The molecule has 0 spiro atoms. The van der Waals surface area contributed by atoms with Gasteiger partial charge in [0.2, 0.25) is 5.71 Å². The van der Waals surface area contributed by atoms with Gasteiger partial charge < -0.3 is 14.4 Å². The van der Waals surface area contributed by atoms with Gasteiger partial charge >= 0.3 is 0 Å². The largest absolute Gasteiger partial charge is 0.486 e. The summed E-state index contributed by atoms with van der Waals surface area (Å²) < 4.78 is 6.36. The normalized spacial score (nSPS) is 10.8. The quantitative estimate of drug-likeness (QED) is 0.166. The first-order valence-electron chi connectivity index (χ1n) is 16.1. The van der Waals surface area contributed by atoms with Gasteiger partial charge in [0, 0.05) is 43.4 Å². The van der Waals surface area contributed by atoms with E-state index >= 15 is 0 Å². The molecular weight excluding hydrogens is 779 g/mol. The number of pyridine rings is 3. The van der Waals surface area contributed by atoms with Crippen molar-refractivity contribution in [1.29, 1.82) is 0 Å². The summed E-state index contributed by atoms with van der Waals surface area (Å²) in [6.07, 6.45) is 3.77. The summed E-state index contributed by atoms with van der Waals surface area (Å²) in [5.41, 5.74) is 15.6. The molecule has 5 heteroatoms. The monoisotopic (exact) mass is 814 g/mol. The summed E-state index contributed by atoms with van der Waals surface area (Å²) in [5.74, 6) is 0. The molecule has 4 nitrogen and oxygen atoms in total. The second-order valence-electron chi connectivity index (χ2n) is 12.2. The first-order valence-corrected chi connectivity index (χ1v) is 16.1. The van der Waals surface area contributed by atoms with Crippen LogP contribution >= 0.6 is 0 Å². The Bertz CT molecular complexity index is 2360. The van der Waals surface area contributed by atoms with Gasteiger partial charge in [-0.05, 0) is 91.5 Å². The van der Waals surface area contributed by atoms with Crippen molar-refractivity contribution in [2.24, 2.45) is 0 Å². The zero-order valence-electron chi connectivity index (χ0n) is 28.1. The van der Waals surface area contributed by atoms with Crippen molar-refractivity contribution < 1.29 is 24.5 Å². The zero-order valence-corrected chi connectivity index (χ0v) is 30.5. The predicted molar refractivity (Wildman–Crippen MR) is 197 cm³/mol. The van der Waals surface area contributed by atoms with Crippen LogP contribution in [0.2, 0.25) is 0 Å². The van der Waals surface area contributed by atoms with Crippen molar-refractivity contribution in [2.75, 3.05) is 0 Å². The van der Waals surface area contributed by atoms with Gasteiger partial charge in [0.1, 0.15) is 0 Å². The Morgan fingerprint density at radius 3 is 1.98 bits per heavy atom. The number of aromatic nitrogens is 3. The molecule has 0 N–H and O–H groups in total. The molecule has 0 atom stereocenters. The molecule has 0 unspecified atom stereocenters. The summed E-state index contributed by atoms with van der Waals surface area (Å²) in [6, 6.07) is 43.7. The second kappa shape index (κ2) is 14.5. The summed E-state index contributed by atoms with van der Waals surface area (Å²) in [4.78, 5) is 13.9. The van der Waals surface area contributed by atoms with Crippen LogP contribution in [0.25, 0.3) is 67.0 Å². The minimum Gasteiger partial charge on any atom is -0.486 e. The van der Waals surface area contributed by atoms with Gasteiger partial charge in [0.25, 0.3) is 0 Å². The van der Waals surface area contributed by atoms with Crippen LogP contribution in [0, 0.1) is 46.8 Å². The van der Waals surface area contributed by atoms with E-state index in [9.17, 15) is 0 Å². The van der Waals surface area contributed by atoms with Crippen molar-refractivity contribution in [3.8, 4) is 44.9 Å². The molecule has 8 rings (SSSR count). The Morgan fingerprint density at radius 2 is 1.29 bits per heavy atom. The van der Waals surface area contributed by atoms with E-state index in [2.05, 4.69) is 110 Å².